The van der Waals surface area contributed by atoms with Crippen LogP contribution >= 0.6 is 11.6 Å². The summed E-state index contributed by atoms with van der Waals surface area (Å²) in [5, 5.41) is 3.16. The first kappa shape index (κ1) is 19.2. The second-order valence-corrected chi connectivity index (χ2v) is 6.63. The number of fused-ring (bicyclic) bond motifs is 1. The zero-order chi connectivity index (χ0) is 19.4. The number of esters is 1. The fraction of sp³-hybridized carbons (Fsp3) is 0.389. The van der Waals surface area contributed by atoms with Crippen LogP contribution in [0.4, 0.5) is 9.18 Å². The highest BCUT2D eigenvalue weighted by Gasteiger charge is 2.35. The lowest BCUT2D eigenvalue weighted by molar-refractivity contribution is -0.140. The van der Waals surface area contributed by atoms with E-state index >= 15 is 0 Å². The van der Waals surface area contributed by atoms with Gasteiger partial charge in [-0.25, -0.2) is 14.2 Å². The predicted molar refractivity (Wildman–Crippen MR) is 96.9 cm³/mol. The van der Waals surface area contributed by atoms with Gasteiger partial charge in [0.05, 0.1) is 19.1 Å². The van der Waals surface area contributed by atoms with Gasteiger partial charge in [-0.1, -0.05) is 11.6 Å². The summed E-state index contributed by atoms with van der Waals surface area (Å²) in [4.78, 5) is 32.8. The first-order chi connectivity index (χ1) is 13.0. The Bertz CT molecular complexity index is 842. The van der Waals surface area contributed by atoms with Crippen molar-refractivity contribution in [3.8, 4) is 0 Å². The molecule has 144 valence electrons. The minimum Gasteiger partial charge on any atom is -0.469 e. The van der Waals surface area contributed by atoms with Crippen molar-refractivity contribution in [2.24, 2.45) is 0 Å². The molecule has 0 spiro atoms. The molecule has 1 unspecified atom stereocenters. The summed E-state index contributed by atoms with van der Waals surface area (Å²) in [6.45, 7) is 0.706. The highest BCUT2D eigenvalue weighted by atomic mass is 35.5. The number of benzene rings is 1. The molecule has 2 N–H and O–H groups in total. The van der Waals surface area contributed by atoms with Gasteiger partial charge in [-0.15, -0.1) is 0 Å². The Morgan fingerprint density at radius 3 is 3.07 bits per heavy atom. The monoisotopic (exact) mass is 394 g/mol. The number of amides is 2. The molecule has 0 radical (unpaired) electrons. The average molecular weight is 395 g/mol. The number of ether oxygens (including phenoxy) is 1. The maximum atomic E-state index is 14.5. The number of hydrogen-bond donors (Lipinski definition) is 2. The molecule has 1 aliphatic heterocycles. The normalized spacial score (nSPS) is 16.0. The van der Waals surface area contributed by atoms with Gasteiger partial charge < -0.3 is 19.9 Å². The molecule has 2 aromatic rings. The molecule has 1 aliphatic rings. The smallest absolute Gasteiger partial charge is 0.318 e. The first-order valence-corrected chi connectivity index (χ1v) is 8.97. The van der Waals surface area contributed by atoms with Crippen LogP contribution in [-0.4, -0.2) is 47.1 Å². The molecule has 0 fully saturated rings. The van der Waals surface area contributed by atoms with Crippen molar-refractivity contribution in [3.05, 3.63) is 52.3 Å². The molecule has 0 aliphatic carbocycles. The second-order valence-electron chi connectivity index (χ2n) is 6.19. The second kappa shape index (κ2) is 8.39. The Kier molecular flexibility index (Phi) is 5.95. The van der Waals surface area contributed by atoms with Gasteiger partial charge in [0.15, 0.2) is 0 Å². The van der Waals surface area contributed by atoms with E-state index < -0.39 is 11.9 Å². The van der Waals surface area contributed by atoms with Crippen LogP contribution in [0.25, 0.3) is 0 Å². The molecule has 27 heavy (non-hydrogen) atoms. The zero-order valence-electron chi connectivity index (χ0n) is 14.8. The number of urea groups is 1. The molecule has 0 saturated carbocycles. The molecule has 2 heterocycles. The predicted octanol–water partition coefficient (Wildman–Crippen LogP) is 2.81. The Morgan fingerprint density at radius 2 is 2.30 bits per heavy atom. The fourth-order valence-corrected chi connectivity index (χ4v) is 3.35. The SMILES string of the molecule is COC(=O)CCCNC(=O)N1CCc2[nH]cnc2C1c1cc(Cl)ccc1F. The summed E-state index contributed by atoms with van der Waals surface area (Å²) in [6, 6.07) is 3.23. The molecular formula is C18H20ClFN4O3. The van der Waals surface area contributed by atoms with Crippen LogP contribution in [-0.2, 0) is 16.0 Å². The molecule has 7 nitrogen and oxygen atoms in total. The molecule has 2 amide bonds. The lowest BCUT2D eigenvalue weighted by Gasteiger charge is -2.35. The fourth-order valence-electron chi connectivity index (χ4n) is 3.17. The summed E-state index contributed by atoms with van der Waals surface area (Å²) in [5.74, 6) is -0.786. The minimum atomic E-state index is -0.681. The third-order valence-corrected chi connectivity index (χ3v) is 4.74. The largest absolute Gasteiger partial charge is 0.469 e. The number of aromatic nitrogens is 2. The van der Waals surface area contributed by atoms with E-state index in [4.69, 9.17) is 11.6 Å². The van der Waals surface area contributed by atoms with Crippen molar-refractivity contribution < 1.29 is 18.7 Å². The summed E-state index contributed by atoms with van der Waals surface area (Å²) < 4.78 is 19.1. The minimum absolute atomic E-state index is 0.215. The summed E-state index contributed by atoms with van der Waals surface area (Å²) >= 11 is 6.05. The van der Waals surface area contributed by atoms with E-state index in [1.54, 1.807) is 0 Å². The van der Waals surface area contributed by atoms with Crippen LogP contribution in [0.2, 0.25) is 5.02 Å². The molecular weight excluding hydrogens is 375 g/mol. The standard InChI is InChI=1S/C18H20ClFN4O3/c1-27-15(25)3-2-7-21-18(26)24-8-6-14-16(23-10-22-14)17(24)12-9-11(19)4-5-13(12)20/h4-5,9-10,17H,2-3,6-8H2,1H3,(H,21,26)(H,22,23). The van der Waals surface area contributed by atoms with E-state index in [9.17, 15) is 14.0 Å². The van der Waals surface area contributed by atoms with Gasteiger partial charge in [-0.05, 0) is 24.6 Å². The van der Waals surface area contributed by atoms with Gasteiger partial charge in [0.1, 0.15) is 11.9 Å². The molecule has 1 aromatic carbocycles. The third kappa shape index (κ3) is 4.21. The number of carbonyl (C=O) groups excluding carboxylic acids is 2. The number of aromatic amines is 1. The summed E-state index contributed by atoms with van der Waals surface area (Å²) in [5.41, 5.74) is 1.77. The quantitative estimate of drug-likeness (QED) is 0.603. The number of nitrogens with one attached hydrogen (secondary N) is 2. The van der Waals surface area contributed by atoms with Crippen LogP contribution in [0.3, 0.4) is 0 Å². The third-order valence-electron chi connectivity index (χ3n) is 4.50. The van der Waals surface area contributed by atoms with Crippen LogP contribution in [0.1, 0.15) is 35.8 Å². The van der Waals surface area contributed by atoms with Crippen molar-refractivity contribution in [1.29, 1.82) is 0 Å². The number of nitrogens with zero attached hydrogens (tertiary/aromatic N) is 2. The van der Waals surface area contributed by atoms with Crippen LogP contribution in [0.15, 0.2) is 24.5 Å². The molecule has 1 aromatic heterocycles. The van der Waals surface area contributed by atoms with Gasteiger partial charge in [-0.2, -0.15) is 0 Å². The van der Waals surface area contributed by atoms with E-state index in [1.807, 2.05) is 0 Å². The van der Waals surface area contributed by atoms with E-state index in [1.165, 1.54) is 36.5 Å². The van der Waals surface area contributed by atoms with Gasteiger partial charge in [0.2, 0.25) is 0 Å². The van der Waals surface area contributed by atoms with E-state index in [2.05, 4.69) is 20.0 Å². The summed E-state index contributed by atoms with van der Waals surface area (Å²) in [7, 11) is 1.32. The van der Waals surface area contributed by atoms with Crippen molar-refractivity contribution >= 4 is 23.6 Å². The Hall–Kier alpha value is -2.61. The molecule has 9 heteroatoms. The first-order valence-electron chi connectivity index (χ1n) is 8.59. The van der Waals surface area contributed by atoms with Crippen LogP contribution in [0, 0.1) is 5.82 Å². The number of rotatable bonds is 5. The number of halogens is 2. The van der Waals surface area contributed by atoms with Crippen molar-refractivity contribution in [2.45, 2.75) is 25.3 Å². The number of carbonyl (C=O) groups is 2. The highest BCUT2D eigenvalue weighted by molar-refractivity contribution is 6.30. The van der Waals surface area contributed by atoms with Crippen LogP contribution < -0.4 is 5.32 Å². The van der Waals surface area contributed by atoms with Crippen LogP contribution in [0.5, 0.6) is 0 Å². The van der Waals surface area contributed by atoms with Gasteiger partial charge >= 0.3 is 12.0 Å². The van der Waals surface area contributed by atoms with Gasteiger partial charge in [0.25, 0.3) is 0 Å². The van der Waals surface area contributed by atoms with E-state index in [0.717, 1.165) is 5.69 Å². The number of imidazole rings is 1. The molecule has 3 rings (SSSR count). The maximum absolute atomic E-state index is 14.5. The maximum Gasteiger partial charge on any atom is 0.318 e. The Morgan fingerprint density at radius 1 is 1.48 bits per heavy atom. The highest BCUT2D eigenvalue weighted by Crippen LogP contribution is 2.35. The van der Waals surface area contributed by atoms with Crippen molar-refractivity contribution in [1.82, 2.24) is 20.2 Å². The summed E-state index contributed by atoms with van der Waals surface area (Å²) in [6.07, 6.45) is 2.80. The average Bonchev–Trinajstić information content (AvgIpc) is 3.14. The lowest BCUT2D eigenvalue weighted by Crippen LogP contribution is -2.46. The lowest BCUT2D eigenvalue weighted by atomic mass is 9.95. The molecule has 0 saturated heterocycles. The zero-order valence-corrected chi connectivity index (χ0v) is 15.6. The molecule has 0 bridgehead atoms. The van der Waals surface area contributed by atoms with E-state index in [0.29, 0.717) is 42.2 Å². The Labute approximate surface area is 160 Å². The molecule has 1 atom stereocenters. The topological polar surface area (TPSA) is 87.3 Å². The van der Waals surface area contributed by atoms with Crippen molar-refractivity contribution in [3.63, 3.8) is 0 Å². The van der Waals surface area contributed by atoms with Gasteiger partial charge in [0, 0.05) is 42.2 Å². The van der Waals surface area contributed by atoms with Gasteiger partial charge in [-0.3, -0.25) is 4.79 Å². The van der Waals surface area contributed by atoms with Crippen molar-refractivity contribution in [2.75, 3.05) is 20.2 Å². The number of hydrogen-bond acceptors (Lipinski definition) is 4. The van der Waals surface area contributed by atoms with E-state index in [-0.39, 0.29) is 18.4 Å². The number of methoxy groups -OCH3 is 1. The number of H-pyrrole nitrogens is 1. The Balaban J connectivity index is 1.80.